The molecule has 2 saturated heterocycles. The number of aryl methyl sites for hydroxylation is 1. The Balaban J connectivity index is 1.06. The molecule has 0 spiro atoms. The molecule has 1 aliphatic carbocycles. The van der Waals surface area contributed by atoms with Gasteiger partial charge < -0.3 is 14.5 Å². The van der Waals surface area contributed by atoms with Crippen molar-refractivity contribution in [3.05, 3.63) is 72.3 Å². The Morgan fingerprint density at radius 2 is 1.82 bits per heavy atom. The summed E-state index contributed by atoms with van der Waals surface area (Å²) < 4.78 is 46.9. The number of rotatable bonds is 13. The highest BCUT2D eigenvalue weighted by Gasteiger charge is 2.52. The lowest BCUT2D eigenvalue weighted by Gasteiger charge is -2.48. The van der Waals surface area contributed by atoms with E-state index in [-0.39, 0.29) is 33.4 Å². The number of nitriles is 1. The Morgan fingerprint density at radius 1 is 1.06 bits per heavy atom. The minimum atomic E-state index is -3.60. The van der Waals surface area contributed by atoms with Crippen LogP contribution < -0.4 is 4.90 Å². The number of esters is 1. The largest absolute Gasteiger partial charge is 0.469 e. The maximum Gasteiger partial charge on any atom is 0.305 e. The number of ether oxygens (including phenoxy) is 1. The maximum atomic E-state index is 14.7. The summed E-state index contributed by atoms with van der Waals surface area (Å²) >= 11 is 0. The summed E-state index contributed by atoms with van der Waals surface area (Å²) in [6.45, 7) is 4.65. The van der Waals surface area contributed by atoms with Crippen molar-refractivity contribution >= 4 is 21.5 Å². The van der Waals surface area contributed by atoms with Gasteiger partial charge >= 0.3 is 5.97 Å². The van der Waals surface area contributed by atoms with Crippen molar-refractivity contribution in [2.75, 3.05) is 44.7 Å². The smallest absolute Gasteiger partial charge is 0.305 e. The summed E-state index contributed by atoms with van der Waals surface area (Å²) in [5.74, 6) is 0.740. The van der Waals surface area contributed by atoms with E-state index in [2.05, 4.69) is 21.0 Å². The molecule has 3 aliphatic rings. The third-order valence-corrected chi connectivity index (χ3v) is 13.1. The quantitative estimate of drug-likeness (QED) is 0.155. The van der Waals surface area contributed by atoms with Gasteiger partial charge in [0.15, 0.2) is 0 Å². The fourth-order valence-electron chi connectivity index (χ4n) is 8.84. The van der Waals surface area contributed by atoms with Gasteiger partial charge in [-0.3, -0.25) is 9.48 Å². The monoisotopic (exact) mass is 689 g/mol. The summed E-state index contributed by atoms with van der Waals surface area (Å²) in [6, 6.07) is 16.7. The van der Waals surface area contributed by atoms with Crippen LogP contribution in [-0.4, -0.2) is 68.9 Å². The Bertz CT molecular complexity index is 1740. The highest BCUT2D eigenvalue weighted by Crippen LogP contribution is 2.53. The van der Waals surface area contributed by atoms with Crippen molar-refractivity contribution in [2.45, 2.75) is 73.0 Å². The number of aromatic nitrogens is 2. The Hall–Kier alpha value is -3.75. The van der Waals surface area contributed by atoms with E-state index < -0.39 is 15.3 Å². The fraction of sp³-hybridized carbons (Fsp3) is 0.553. The minimum absolute atomic E-state index is 0.149. The second-order valence-corrected chi connectivity index (χ2v) is 16.3. The zero-order valence-corrected chi connectivity index (χ0v) is 29.5. The third-order valence-electron chi connectivity index (χ3n) is 11.4. The topological polar surface area (TPSA) is 109 Å². The van der Waals surface area contributed by atoms with E-state index in [0.717, 1.165) is 95.3 Å². The molecule has 2 aromatic carbocycles. The first-order valence-corrected chi connectivity index (χ1v) is 19.2. The lowest BCUT2D eigenvalue weighted by atomic mass is 9.57. The van der Waals surface area contributed by atoms with E-state index in [4.69, 9.17) is 4.74 Å². The molecule has 0 N–H and O–H groups in total. The SMILES string of the molecule is COC(=O)CCCCC1CCC[C@@H]1C(C#N)(c1cccc(F)c1)C1CCN(CC2CN(c3ccc(S(=O)(=O)c4cnn(C)c4)cc3)C2)CC1. The molecule has 1 aromatic heterocycles. The van der Waals surface area contributed by atoms with E-state index >= 15 is 0 Å². The lowest BCUT2D eigenvalue weighted by molar-refractivity contribution is -0.140. The van der Waals surface area contributed by atoms with Gasteiger partial charge in [-0.15, -0.1) is 0 Å². The molecule has 0 bridgehead atoms. The highest BCUT2D eigenvalue weighted by atomic mass is 32.2. The molecule has 262 valence electrons. The second kappa shape index (κ2) is 15.0. The van der Waals surface area contributed by atoms with Gasteiger partial charge in [-0.25, -0.2) is 12.8 Å². The number of likely N-dealkylation sites (tertiary alicyclic amines) is 1. The Morgan fingerprint density at radius 3 is 2.47 bits per heavy atom. The van der Waals surface area contributed by atoms with E-state index in [0.29, 0.717) is 18.3 Å². The molecule has 0 radical (unpaired) electrons. The van der Waals surface area contributed by atoms with Crippen LogP contribution in [0, 0.1) is 40.8 Å². The predicted octanol–water partition coefficient (Wildman–Crippen LogP) is 6.15. The van der Waals surface area contributed by atoms with Crippen molar-refractivity contribution in [3.8, 4) is 6.07 Å². The lowest BCUT2D eigenvalue weighted by Crippen LogP contribution is -2.54. The Kier molecular flexibility index (Phi) is 10.8. The van der Waals surface area contributed by atoms with Crippen LogP contribution in [-0.2, 0) is 31.8 Å². The van der Waals surface area contributed by atoms with Gasteiger partial charge in [0, 0.05) is 50.9 Å². The normalized spacial score (nSPS) is 22.0. The molecule has 3 atom stereocenters. The first kappa shape index (κ1) is 35.1. The van der Waals surface area contributed by atoms with E-state index in [1.165, 1.54) is 30.3 Å². The van der Waals surface area contributed by atoms with Crippen LogP contribution in [0.15, 0.2) is 70.7 Å². The maximum absolute atomic E-state index is 14.7. The van der Waals surface area contributed by atoms with Gasteiger partial charge in [-0.1, -0.05) is 37.8 Å². The van der Waals surface area contributed by atoms with Crippen molar-refractivity contribution in [1.82, 2.24) is 14.7 Å². The van der Waals surface area contributed by atoms with Crippen molar-refractivity contribution in [2.24, 2.45) is 30.7 Å². The number of benzene rings is 2. The van der Waals surface area contributed by atoms with E-state index in [1.807, 2.05) is 18.2 Å². The van der Waals surface area contributed by atoms with E-state index in [1.54, 1.807) is 31.3 Å². The van der Waals surface area contributed by atoms with Gasteiger partial charge in [-0.05, 0) is 98.5 Å². The van der Waals surface area contributed by atoms with Crippen molar-refractivity contribution in [3.63, 3.8) is 0 Å². The summed E-state index contributed by atoms with van der Waals surface area (Å²) in [6.07, 6.45) is 10.9. The molecule has 49 heavy (non-hydrogen) atoms. The molecule has 1 saturated carbocycles. The van der Waals surface area contributed by atoms with Gasteiger partial charge in [0.05, 0.1) is 29.7 Å². The number of halogens is 1. The summed E-state index contributed by atoms with van der Waals surface area (Å²) in [4.78, 5) is 16.9. The number of carbonyl (C=O) groups excluding carboxylic acids is 1. The van der Waals surface area contributed by atoms with Crippen LogP contribution >= 0.6 is 0 Å². The number of sulfone groups is 1. The number of nitrogens with zero attached hydrogens (tertiary/aromatic N) is 5. The number of hydrogen-bond acceptors (Lipinski definition) is 8. The first-order chi connectivity index (χ1) is 23.6. The molecule has 2 aliphatic heterocycles. The molecule has 2 unspecified atom stereocenters. The standard InChI is InChI=1S/C38H48FN5O4S/c1-42-26-35(22-41-42)49(46,47)34-15-13-33(14-16-34)44-24-28(25-44)23-43-19-17-30(18-20-43)38(27-40,31-9-6-10-32(39)21-31)36-11-5-8-29(36)7-3-4-12-37(45)48-2/h6,9-10,13-16,21-22,26,28-30,36H,3-5,7-8,11-12,17-20,23-25H2,1-2H3/t29?,36-,38?/m0/s1. The number of piperidine rings is 1. The summed E-state index contributed by atoms with van der Waals surface area (Å²) in [5.41, 5.74) is 1.11. The molecule has 11 heteroatoms. The zero-order chi connectivity index (χ0) is 34.6. The molecular weight excluding hydrogens is 642 g/mol. The van der Waals surface area contributed by atoms with Crippen molar-refractivity contribution < 1.29 is 22.3 Å². The minimum Gasteiger partial charge on any atom is -0.469 e. The molecular formula is C38H48FN5O4S. The molecule has 3 aromatic rings. The molecule has 3 fully saturated rings. The zero-order valence-electron chi connectivity index (χ0n) is 28.6. The van der Waals surface area contributed by atoms with Crippen LogP contribution in [0.4, 0.5) is 10.1 Å². The molecule has 6 rings (SSSR count). The summed E-state index contributed by atoms with van der Waals surface area (Å²) in [5, 5.41) is 15.0. The van der Waals surface area contributed by atoms with Gasteiger partial charge in [0.25, 0.3) is 0 Å². The van der Waals surface area contributed by atoms with Crippen molar-refractivity contribution in [1.29, 1.82) is 5.26 Å². The molecule has 3 heterocycles. The fourth-order valence-corrected chi connectivity index (χ4v) is 10.1. The number of carbonyl (C=O) groups is 1. The number of methoxy groups -OCH3 is 1. The number of hydrogen-bond donors (Lipinski definition) is 0. The van der Waals surface area contributed by atoms with Gasteiger partial charge in [-0.2, -0.15) is 10.4 Å². The first-order valence-electron chi connectivity index (χ1n) is 17.7. The predicted molar refractivity (Wildman–Crippen MR) is 185 cm³/mol. The van der Waals surface area contributed by atoms with Gasteiger partial charge in [0.2, 0.25) is 9.84 Å². The van der Waals surface area contributed by atoms with Crippen LogP contribution in [0.5, 0.6) is 0 Å². The van der Waals surface area contributed by atoms with Crippen LogP contribution in [0.2, 0.25) is 0 Å². The van der Waals surface area contributed by atoms with Crippen LogP contribution in [0.3, 0.4) is 0 Å². The van der Waals surface area contributed by atoms with Crippen LogP contribution in [0.1, 0.15) is 63.4 Å². The van der Waals surface area contributed by atoms with Gasteiger partial charge in [0.1, 0.15) is 10.7 Å². The summed E-state index contributed by atoms with van der Waals surface area (Å²) in [7, 11) is -0.478. The number of anilines is 1. The second-order valence-electron chi connectivity index (χ2n) is 14.3. The molecule has 9 nitrogen and oxygen atoms in total. The third kappa shape index (κ3) is 7.41. The average Bonchev–Trinajstić information content (AvgIpc) is 3.75. The highest BCUT2D eigenvalue weighted by molar-refractivity contribution is 7.91. The van der Waals surface area contributed by atoms with Crippen LogP contribution in [0.25, 0.3) is 0 Å². The number of unbranched alkanes of at least 4 members (excludes halogenated alkanes) is 1. The Labute approximate surface area is 290 Å². The molecule has 0 amide bonds. The average molecular weight is 690 g/mol. The van der Waals surface area contributed by atoms with E-state index in [9.17, 15) is 22.9 Å².